The molecule has 1 aliphatic rings. The Morgan fingerprint density at radius 2 is 2.18 bits per heavy atom. The lowest BCUT2D eigenvalue weighted by Crippen LogP contribution is -2.42. The lowest BCUT2D eigenvalue weighted by Gasteiger charge is -2.27. The summed E-state index contributed by atoms with van der Waals surface area (Å²) < 4.78 is 5.73. The fraction of sp³-hybridized carbons (Fsp3) is 0.500. The summed E-state index contributed by atoms with van der Waals surface area (Å²) >= 11 is 0. The average Bonchev–Trinajstić information content (AvgIpc) is 2.73. The van der Waals surface area contributed by atoms with E-state index in [0.717, 1.165) is 18.8 Å². The van der Waals surface area contributed by atoms with E-state index in [1.807, 2.05) is 26.0 Å². The summed E-state index contributed by atoms with van der Waals surface area (Å²) in [5.41, 5.74) is 1.09. The van der Waals surface area contributed by atoms with Crippen molar-refractivity contribution in [2.75, 3.05) is 43.5 Å². The second-order valence-electron chi connectivity index (χ2n) is 7.14. The van der Waals surface area contributed by atoms with Crippen LogP contribution in [0, 0.1) is 11.3 Å². The molecule has 3 rings (SSSR count). The number of nitriles is 1. The predicted molar refractivity (Wildman–Crippen MR) is 103 cm³/mol. The minimum Gasteiger partial charge on any atom is -0.395 e. The van der Waals surface area contributed by atoms with Gasteiger partial charge in [-0.15, -0.1) is 5.10 Å². The van der Waals surface area contributed by atoms with Crippen molar-refractivity contribution in [3.05, 3.63) is 29.8 Å². The van der Waals surface area contributed by atoms with E-state index in [4.69, 9.17) is 10.00 Å². The van der Waals surface area contributed by atoms with Gasteiger partial charge in [0.15, 0.2) is 11.5 Å². The van der Waals surface area contributed by atoms with Gasteiger partial charge in [-0.1, -0.05) is 13.8 Å². The second-order valence-corrected chi connectivity index (χ2v) is 7.14. The van der Waals surface area contributed by atoms with Gasteiger partial charge in [0, 0.05) is 31.1 Å². The number of hydrogen-bond acceptors (Lipinski definition) is 10. The van der Waals surface area contributed by atoms with E-state index in [0.29, 0.717) is 30.5 Å². The van der Waals surface area contributed by atoms with Gasteiger partial charge < -0.3 is 25.8 Å². The first-order valence-corrected chi connectivity index (χ1v) is 9.06. The van der Waals surface area contributed by atoms with Crippen molar-refractivity contribution in [3.63, 3.8) is 0 Å². The molecule has 0 saturated carbocycles. The van der Waals surface area contributed by atoms with Crippen molar-refractivity contribution in [3.8, 4) is 6.07 Å². The maximum atomic E-state index is 9.75. The first-order chi connectivity index (χ1) is 13.5. The first-order valence-electron chi connectivity index (χ1n) is 9.06. The fourth-order valence-electron chi connectivity index (χ4n) is 2.72. The molecular formula is C18H24N8O2. The van der Waals surface area contributed by atoms with Gasteiger partial charge >= 0.3 is 0 Å². The third-order valence-electron chi connectivity index (χ3n) is 4.38. The number of morpholine rings is 1. The zero-order valence-electron chi connectivity index (χ0n) is 15.9. The van der Waals surface area contributed by atoms with Crippen LogP contribution in [0.3, 0.4) is 0 Å². The van der Waals surface area contributed by atoms with Gasteiger partial charge in [0.05, 0.1) is 43.1 Å². The number of rotatable bonds is 7. The maximum Gasteiger partial charge on any atom is 0.158 e. The summed E-state index contributed by atoms with van der Waals surface area (Å²) in [5.74, 6) is 0.926. The molecule has 0 unspecified atom stereocenters. The molecule has 148 valence electrons. The normalized spacial score (nSPS) is 17.0. The van der Waals surface area contributed by atoms with E-state index in [1.165, 1.54) is 12.4 Å². The molecule has 10 heteroatoms. The molecule has 0 amide bonds. The van der Waals surface area contributed by atoms with Crippen LogP contribution in [0.2, 0.25) is 0 Å². The summed E-state index contributed by atoms with van der Waals surface area (Å²) in [6.45, 7) is 6.65. The molecule has 0 radical (unpaired) electrons. The first kappa shape index (κ1) is 19.9. The van der Waals surface area contributed by atoms with Gasteiger partial charge in [0.2, 0.25) is 0 Å². The van der Waals surface area contributed by atoms with Crippen LogP contribution in [0.15, 0.2) is 18.5 Å². The van der Waals surface area contributed by atoms with Crippen LogP contribution >= 0.6 is 0 Å². The SMILES string of the molecule is CC(C)(CO)c1nnc(Nc2cnc(C#N)cn2)cc1NC[C@H]1CNCCO1. The van der Waals surface area contributed by atoms with Crippen molar-refractivity contribution in [1.29, 1.82) is 5.26 Å². The Balaban J connectivity index is 1.80. The Morgan fingerprint density at radius 3 is 2.82 bits per heavy atom. The van der Waals surface area contributed by atoms with E-state index < -0.39 is 5.41 Å². The number of anilines is 3. The van der Waals surface area contributed by atoms with Crippen LogP contribution in [0.1, 0.15) is 25.2 Å². The molecule has 1 atom stereocenters. The van der Waals surface area contributed by atoms with Gasteiger partial charge in [0.1, 0.15) is 11.9 Å². The van der Waals surface area contributed by atoms with E-state index in [9.17, 15) is 5.11 Å². The van der Waals surface area contributed by atoms with Crippen molar-refractivity contribution in [2.45, 2.75) is 25.4 Å². The molecule has 1 aliphatic heterocycles. The molecular weight excluding hydrogens is 360 g/mol. The molecule has 2 aromatic heterocycles. The van der Waals surface area contributed by atoms with E-state index in [-0.39, 0.29) is 18.4 Å². The van der Waals surface area contributed by atoms with Crippen molar-refractivity contribution < 1.29 is 9.84 Å². The Kier molecular flexibility index (Phi) is 6.30. The molecule has 0 bridgehead atoms. The lowest BCUT2D eigenvalue weighted by atomic mass is 9.89. The Labute approximate surface area is 163 Å². The fourth-order valence-corrected chi connectivity index (χ4v) is 2.72. The maximum absolute atomic E-state index is 9.75. The number of hydrogen-bond donors (Lipinski definition) is 4. The molecule has 1 saturated heterocycles. The Bertz CT molecular complexity index is 828. The Hall–Kier alpha value is -2.87. The highest BCUT2D eigenvalue weighted by Crippen LogP contribution is 2.29. The standard InChI is InChI=1S/C18H24N8O2/c1-18(2,11-27)17-14(22-9-13-8-20-3-4-28-13)5-15(25-26-17)24-16-10-21-12(6-19)7-23-16/h5,7,10,13,20,27H,3-4,8-9,11H2,1-2H3,(H2,22,23,24,25)/t13-/m1/s1. The van der Waals surface area contributed by atoms with Crippen molar-refractivity contribution in [2.24, 2.45) is 0 Å². The molecule has 10 nitrogen and oxygen atoms in total. The van der Waals surface area contributed by atoms with Crippen LogP contribution < -0.4 is 16.0 Å². The number of aliphatic hydroxyl groups excluding tert-OH is 1. The summed E-state index contributed by atoms with van der Waals surface area (Å²) in [5, 5.41) is 36.8. The molecule has 3 heterocycles. The third-order valence-corrected chi connectivity index (χ3v) is 4.38. The summed E-state index contributed by atoms with van der Waals surface area (Å²) in [7, 11) is 0. The highest BCUT2D eigenvalue weighted by Gasteiger charge is 2.26. The highest BCUT2D eigenvalue weighted by atomic mass is 16.5. The zero-order valence-corrected chi connectivity index (χ0v) is 15.9. The number of nitrogens with one attached hydrogen (secondary N) is 3. The molecule has 2 aromatic rings. The van der Waals surface area contributed by atoms with Gasteiger partial charge in [-0.05, 0) is 0 Å². The van der Waals surface area contributed by atoms with Crippen LogP contribution in [-0.2, 0) is 10.2 Å². The largest absolute Gasteiger partial charge is 0.395 e. The number of ether oxygens (including phenoxy) is 1. The summed E-state index contributed by atoms with van der Waals surface area (Å²) in [4.78, 5) is 8.11. The predicted octanol–water partition coefficient (Wildman–Crippen LogP) is 0.552. The number of aromatic nitrogens is 4. The van der Waals surface area contributed by atoms with Gasteiger partial charge in [-0.25, -0.2) is 9.97 Å². The van der Waals surface area contributed by atoms with Crippen molar-refractivity contribution >= 4 is 17.3 Å². The number of nitrogens with zero attached hydrogens (tertiary/aromatic N) is 5. The van der Waals surface area contributed by atoms with Crippen LogP contribution in [-0.4, -0.2) is 64.2 Å². The van der Waals surface area contributed by atoms with Crippen molar-refractivity contribution in [1.82, 2.24) is 25.5 Å². The van der Waals surface area contributed by atoms with E-state index in [1.54, 1.807) is 0 Å². The topological polar surface area (TPSA) is 141 Å². The summed E-state index contributed by atoms with van der Waals surface area (Å²) in [6, 6.07) is 3.74. The molecule has 1 fully saturated rings. The monoisotopic (exact) mass is 384 g/mol. The molecule has 0 spiro atoms. The second kappa shape index (κ2) is 8.88. The third kappa shape index (κ3) is 4.89. The minimum atomic E-state index is -0.562. The van der Waals surface area contributed by atoms with Crippen LogP contribution in [0.5, 0.6) is 0 Å². The number of aliphatic hydroxyl groups is 1. The zero-order chi connectivity index (χ0) is 20.0. The molecule has 0 aliphatic carbocycles. The van der Waals surface area contributed by atoms with E-state index in [2.05, 4.69) is 36.1 Å². The molecule has 4 N–H and O–H groups in total. The minimum absolute atomic E-state index is 0.0489. The lowest BCUT2D eigenvalue weighted by molar-refractivity contribution is 0.0372. The van der Waals surface area contributed by atoms with Crippen LogP contribution in [0.25, 0.3) is 0 Å². The van der Waals surface area contributed by atoms with Gasteiger partial charge in [-0.2, -0.15) is 10.4 Å². The molecule has 28 heavy (non-hydrogen) atoms. The van der Waals surface area contributed by atoms with Crippen LogP contribution in [0.4, 0.5) is 17.3 Å². The average molecular weight is 384 g/mol. The highest BCUT2D eigenvalue weighted by molar-refractivity contribution is 5.60. The Morgan fingerprint density at radius 1 is 1.32 bits per heavy atom. The smallest absolute Gasteiger partial charge is 0.158 e. The van der Waals surface area contributed by atoms with E-state index >= 15 is 0 Å². The summed E-state index contributed by atoms with van der Waals surface area (Å²) in [6.07, 6.45) is 2.89. The quantitative estimate of drug-likeness (QED) is 0.535. The van der Waals surface area contributed by atoms with Gasteiger partial charge in [0.25, 0.3) is 0 Å². The van der Waals surface area contributed by atoms with Gasteiger partial charge in [-0.3, -0.25) is 0 Å². The molecule has 0 aromatic carbocycles.